The first-order valence-corrected chi connectivity index (χ1v) is 5.89. The molecule has 1 aliphatic carbocycles. The van der Waals surface area contributed by atoms with E-state index in [4.69, 9.17) is 0 Å². The van der Waals surface area contributed by atoms with Crippen LogP contribution in [0.1, 0.15) is 38.7 Å². The second-order valence-corrected chi connectivity index (χ2v) is 5.91. The fraction of sp³-hybridized carbons (Fsp3) is 0.571. The van der Waals surface area contributed by atoms with Crippen LogP contribution in [-0.4, -0.2) is 15.8 Å². The number of aromatic hydroxyl groups is 1. The lowest BCUT2D eigenvalue weighted by atomic mass is 9.86. The summed E-state index contributed by atoms with van der Waals surface area (Å²) in [5.41, 5.74) is 0.670. The number of benzene rings is 1. The molecule has 0 aromatic heterocycles. The summed E-state index contributed by atoms with van der Waals surface area (Å²) in [7, 11) is 0. The number of hydrogen-bond donors (Lipinski definition) is 2. The van der Waals surface area contributed by atoms with Gasteiger partial charge in [0.2, 0.25) is 0 Å². The summed E-state index contributed by atoms with van der Waals surface area (Å²) in [6.45, 7) is 4.40. The quantitative estimate of drug-likeness (QED) is 0.804. The van der Waals surface area contributed by atoms with Gasteiger partial charge in [-0.1, -0.05) is 26.0 Å². The molecule has 0 amide bonds. The summed E-state index contributed by atoms with van der Waals surface area (Å²) in [6.07, 6.45) is 3.42. The molecule has 2 nitrogen and oxygen atoms in total. The third-order valence-electron chi connectivity index (χ3n) is 3.52. The molecule has 2 heteroatoms. The average molecular weight is 220 g/mol. The minimum Gasteiger partial charge on any atom is -0.508 e. The molecule has 1 aromatic rings. The maximum atomic E-state index is 10.5. The zero-order chi connectivity index (χ0) is 11.8. The van der Waals surface area contributed by atoms with Gasteiger partial charge in [0, 0.05) is 6.42 Å². The Labute approximate surface area is 96.9 Å². The van der Waals surface area contributed by atoms with Crippen molar-refractivity contribution in [1.82, 2.24) is 0 Å². The molecule has 1 atom stereocenters. The molecule has 0 aliphatic heterocycles. The average Bonchev–Trinajstić information content (AvgIpc) is 2.40. The Hall–Kier alpha value is -1.02. The van der Waals surface area contributed by atoms with Gasteiger partial charge in [-0.2, -0.15) is 0 Å². The van der Waals surface area contributed by atoms with E-state index in [9.17, 15) is 10.2 Å². The Morgan fingerprint density at radius 3 is 2.56 bits per heavy atom. The highest BCUT2D eigenvalue weighted by molar-refractivity contribution is 5.28. The smallest absolute Gasteiger partial charge is 0.115 e. The van der Waals surface area contributed by atoms with E-state index in [1.165, 1.54) is 0 Å². The van der Waals surface area contributed by atoms with Crippen molar-refractivity contribution in [2.24, 2.45) is 5.41 Å². The van der Waals surface area contributed by atoms with Crippen LogP contribution in [0.3, 0.4) is 0 Å². The maximum Gasteiger partial charge on any atom is 0.115 e. The second kappa shape index (κ2) is 3.77. The molecule has 1 fully saturated rings. The Balaban J connectivity index is 2.10. The van der Waals surface area contributed by atoms with Crippen LogP contribution in [0.5, 0.6) is 5.75 Å². The predicted molar refractivity (Wildman–Crippen MR) is 64.4 cm³/mol. The van der Waals surface area contributed by atoms with Gasteiger partial charge in [0.15, 0.2) is 0 Å². The summed E-state index contributed by atoms with van der Waals surface area (Å²) < 4.78 is 0. The van der Waals surface area contributed by atoms with Crippen LogP contribution in [0.4, 0.5) is 0 Å². The van der Waals surface area contributed by atoms with Crippen LogP contribution in [0.25, 0.3) is 0 Å². The standard InChI is InChI=1S/C14H20O2/c1-13(2)6-7-14(16,10-13)9-11-4-3-5-12(15)8-11/h3-5,8,15-16H,6-7,9-10H2,1-2H3. The fourth-order valence-electron chi connectivity index (χ4n) is 2.84. The molecular formula is C14H20O2. The molecule has 0 radical (unpaired) electrons. The van der Waals surface area contributed by atoms with Crippen molar-refractivity contribution in [3.8, 4) is 5.75 Å². The van der Waals surface area contributed by atoms with Crippen LogP contribution >= 0.6 is 0 Å². The molecule has 0 spiro atoms. The van der Waals surface area contributed by atoms with Crippen LogP contribution in [0, 0.1) is 5.41 Å². The maximum absolute atomic E-state index is 10.5. The minimum atomic E-state index is -0.586. The fourth-order valence-corrected chi connectivity index (χ4v) is 2.84. The van der Waals surface area contributed by atoms with Gasteiger partial charge in [0.05, 0.1) is 5.60 Å². The topological polar surface area (TPSA) is 40.5 Å². The van der Waals surface area contributed by atoms with Crippen molar-refractivity contribution >= 4 is 0 Å². The lowest BCUT2D eigenvalue weighted by molar-refractivity contribution is 0.0378. The van der Waals surface area contributed by atoms with Gasteiger partial charge in [-0.3, -0.25) is 0 Å². The Morgan fingerprint density at radius 1 is 1.25 bits per heavy atom. The summed E-state index contributed by atoms with van der Waals surface area (Å²) in [5.74, 6) is 0.276. The summed E-state index contributed by atoms with van der Waals surface area (Å²) in [6, 6.07) is 7.19. The molecule has 1 unspecified atom stereocenters. The van der Waals surface area contributed by atoms with Crippen molar-refractivity contribution in [3.63, 3.8) is 0 Å². The van der Waals surface area contributed by atoms with Gasteiger partial charge in [0.25, 0.3) is 0 Å². The van der Waals surface area contributed by atoms with E-state index in [2.05, 4.69) is 13.8 Å². The summed E-state index contributed by atoms with van der Waals surface area (Å²) >= 11 is 0. The Kier molecular flexibility index (Phi) is 2.70. The lowest BCUT2D eigenvalue weighted by Crippen LogP contribution is -2.29. The largest absolute Gasteiger partial charge is 0.508 e. The van der Waals surface area contributed by atoms with Crippen molar-refractivity contribution < 1.29 is 10.2 Å². The Morgan fingerprint density at radius 2 is 2.00 bits per heavy atom. The third-order valence-corrected chi connectivity index (χ3v) is 3.52. The SMILES string of the molecule is CC1(C)CCC(O)(Cc2cccc(O)c2)C1. The van der Waals surface area contributed by atoms with Gasteiger partial charge in [-0.25, -0.2) is 0 Å². The molecule has 2 N–H and O–H groups in total. The first-order chi connectivity index (χ1) is 7.39. The third kappa shape index (κ3) is 2.56. The van der Waals surface area contributed by atoms with E-state index in [1.807, 2.05) is 12.1 Å². The zero-order valence-corrected chi connectivity index (χ0v) is 10.0. The van der Waals surface area contributed by atoms with Gasteiger partial charge in [-0.15, -0.1) is 0 Å². The van der Waals surface area contributed by atoms with E-state index >= 15 is 0 Å². The van der Waals surface area contributed by atoms with Crippen LogP contribution in [0.15, 0.2) is 24.3 Å². The van der Waals surface area contributed by atoms with E-state index in [-0.39, 0.29) is 11.2 Å². The van der Waals surface area contributed by atoms with Crippen LogP contribution in [-0.2, 0) is 6.42 Å². The van der Waals surface area contributed by atoms with E-state index < -0.39 is 5.60 Å². The van der Waals surface area contributed by atoms with Gasteiger partial charge < -0.3 is 10.2 Å². The van der Waals surface area contributed by atoms with Gasteiger partial charge >= 0.3 is 0 Å². The van der Waals surface area contributed by atoms with Gasteiger partial charge in [0.1, 0.15) is 5.75 Å². The van der Waals surface area contributed by atoms with Gasteiger partial charge in [-0.05, 0) is 42.4 Å². The number of phenols is 1. The van der Waals surface area contributed by atoms with E-state index in [0.29, 0.717) is 6.42 Å². The van der Waals surface area contributed by atoms with Crippen molar-refractivity contribution in [2.75, 3.05) is 0 Å². The first-order valence-electron chi connectivity index (χ1n) is 5.89. The molecule has 0 heterocycles. The number of hydrogen-bond acceptors (Lipinski definition) is 2. The number of rotatable bonds is 2. The van der Waals surface area contributed by atoms with Crippen molar-refractivity contribution in [3.05, 3.63) is 29.8 Å². The normalized spacial score (nSPS) is 28.2. The van der Waals surface area contributed by atoms with Crippen molar-refractivity contribution in [1.29, 1.82) is 0 Å². The molecule has 1 saturated carbocycles. The van der Waals surface area contributed by atoms with E-state index in [0.717, 1.165) is 24.8 Å². The molecule has 2 rings (SSSR count). The summed E-state index contributed by atoms with van der Waals surface area (Å²) in [4.78, 5) is 0. The monoisotopic (exact) mass is 220 g/mol. The second-order valence-electron chi connectivity index (χ2n) is 5.91. The highest BCUT2D eigenvalue weighted by Crippen LogP contribution is 2.45. The minimum absolute atomic E-state index is 0.242. The number of aliphatic hydroxyl groups is 1. The molecule has 0 bridgehead atoms. The molecule has 16 heavy (non-hydrogen) atoms. The zero-order valence-electron chi connectivity index (χ0n) is 10.0. The van der Waals surface area contributed by atoms with Crippen LogP contribution in [0.2, 0.25) is 0 Å². The molecular weight excluding hydrogens is 200 g/mol. The van der Waals surface area contributed by atoms with Crippen molar-refractivity contribution in [2.45, 2.75) is 45.1 Å². The predicted octanol–water partition coefficient (Wildman–Crippen LogP) is 2.88. The Bertz CT molecular complexity index is 384. The highest BCUT2D eigenvalue weighted by atomic mass is 16.3. The molecule has 1 aliphatic rings. The molecule has 88 valence electrons. The first kappa shape index (κ1) is 11.5. The number of phenolic OH excluding ortho intramolecular Hbond substituents is 1. The molecule has 0 saturated heterocycles. The summed E-state index contributed by atoms with van der Waals surface area (Å²) in [5, 5.41) is 19.9. The van der Waals surface area contributed by atoms with Crippen LogP contribution < -0.4 is 0 Å². The van der Waals surface area contributed by atoms with E-state index in [1.54, 1.807) is 12.1 Å². The molecule has 1 aromatic carbocycles. The lowest BCUT2D eigenvalue weighted by Gasteiger charge is -2.25. The highest BCUT2D eigenvalue weighted by Gasteiger charge is 2.41.